The number of ether oxygens (including phenoxy) is 1. The van der Waals surface area contributed by atoms with E-state index in [1.54, 1.807) is 7.11 Å². The molecule has 21 heavy (non-hydrogen) atoms. The molecule has 5 nitrogen and oxygen atoms in total. The van der Waals surface area contributed by atoms with Gasteiger partial charge in [0.05, 0.1) is 7.11 Å². The van der Waals surface area contributed by atoms with Crippen LogP contribution < -0.4 is 10.2 Å². The number of nitrogens with zero attached hydrogens (tertiary/aromatic N) is 2. The summed E-state index contributed by atoms with van der Waals surface area (Å²) in [5, 5.41) is 12.1. The van der Waals surface area contributed by atoms with Gasteiger partial charge in [-0.2, -0.15) is 0 Å². The summed E-state index contributed by atoms with van der Waals surface area (Å²) in [6.45, 7) is 10.9. The summed E-state index contributed by atoms with van der Waals surface area (Å²) < 4.78 is 5.17. The van der Waals surface area contributed by atoms with E-state index in [0.717, 1.165) is 43.9 Å². The number of hydrogen-bond acceptors (Lipinski definition) is 5. The molecule has 1 aliphatic heterocycles. The van der Waals surface area contributed by atoms with Crippen molar-refractivity contribution in [2.45, 2.75) is 27.3 Å². The number of methoxy groups -OCH3 is 1. The van der Waals surface area contributed by atoms with Crippen LogP contribution in [0.5, 0.6) is 11.5 Å². The molecule has 0 aromatic heterocycles. The van der Waals surface area contributed by atoms with E-state index < -0.39 is 0 Å². The summed E-state index contributed by atoms with van der Waals surface area (Å²) in [7, 11) is 3.72. The van der Waals surface area contributed by atoms with Crippen LogP contribution in [0.3, 0.4) is 0 Å². The highest BCUT2D eigenvalue weighted by Gasteiger charge is 2.13. The minimum absolute atomic E-state index is 0.228. The van der Waals surface area contributed by atoms with Crippen LogP contribution in [0, 0.1) is 6.92 Å². The molecule has 0 amide bonds. The molecule has 5 heteroatoms. The van der Waals surface area contributed by atoms with Gasteiger partial charge in [-0.3, -0.25) is 5.43 Å². The maximum absolute atomic E-state index is 9.81. The number of phenols is 1. The largest absolute Gasteiger partial charge is 0.504 e. The molecule has 1 aliphatic rings. The summed E-state index contributed by atoms with van der Waals surface area (Å²) >= 11 is 0. The van der Waals surface area contributed by atoms with Crippen molar-refractivity contribution in [1.29, 1.82) is 0 Å². The van der Waals surface area contributed by atoms with Gasteiger partial charge in [-0.1, -0.05) is 19.9 Å². The van der Waals surface area contributed by atoms with Gasteiger partial charge >= 0.3 is 0 Å². The van der Waals surface area contributed by atoms with E-state index in [1.807, 2.05) is 32.9 Å². The van der Waals surface area contributed by atoms with E-state index in [4.69, 9.17) is 4.74 Å². The Balaban J connectivity index is 0.00000106. The highest BCUT2D eigenvalue weighted by Crippen LogP contribution is 2.30. The Morgan fingerprint density at radius 3 is 2.38 bits per heavy atom. The van der Waals surface area contributed by atoms with Crippen LogP contribution in [0.4, 0.5) is 0 Å². The zero-order valence-corrected chi connectivity index (χ0v) is 13.9. The highest BCUT2D eigenvalue weighted by molar-refractivity contribution is 5.47. The van der Waals surface area contributed by atoms with Crippen molar-refractivity contribution in [3.63, 3.8) is 0 Å². The quantitative estimate of drug-likeness (QED) is 0.889. The van der Waals surface area contributed by atoms with Crippen LogP contribution in [-0.2, 0) is 6.54 Å². The van der Waals surface area contributed by atoms with Crippen molar-refractivity contribution in [1.82, 2.24) is 15.3 Å². The Hall–Kier alpha value is -1.30. The fraction of sp³-hybridized carbons (Fsp3) is 0.625. The van der Waals surface area contributed by atoms with E-state index in [0.29, 0.717) is 5.75 Å². The van der Waals surface area contributed by atoms with Gasteiger partial charge in [0, 0.05) is 32.7 Å². The number of nitrogens with one attached hydrogen (secondary N) is 1. The molecule has 0 bridgehead atoms. The van der Waals surface area contributed by atoms with Crippen molar-refractivity contribution < 1.29 is 9.84 Å². The average molecular weight is 295 g/mol. The van der Waals surface area contributed by atoms with Crippen LogP contribution in [0.2, 0.25) is 0 Å². The lowest BCUT2D eigenvalue weighted by Crippen LogP contribution is -2.50. The Bertz CT molecular complexity index is 430. The third-order valence-electron chi connectivity index (χ3n) is 3.56. The molecule has 2 N–H and O–H groups in total. The van der Waals surface area contributed by atoms with E-state index in [2.05, 4.69) is 22.4 Å². The second kappa shape index (κ2) is 8.87. The van der Waals surface area contributed by atoms with Crippen LogP contribution in [0.1, 0.15) is 25.0 Å². The van der Waals surface area contributed by atoms with Crippen LogP contribution in [0.25, 0.3) is 0 Å². The summed E-state index contributed by atoms with van der Waals surface area (Å²) in [4.78, 5) is 2.33. The molecule has 0 radical (unpaired) electrons. The molecule has 1 aromatic carbocycles. The molecular formula is C16H29N3O2. The van der Waals surface area contributed by atoms with E-state index >= 15 is 0 Å². The van der Waals surface area contributed by atoms with E-state index in [9.17, 15) is 5.11 Å². The van der Waals surface area contributed by atoms with Crippen molar-refractivity contribution in [3.05, 3.63) is 23.3 Å². The third kappa shape index (κ3) is 5.19. The molecule has 0 spiro atoms. The molecule has 1 heterocycles. The molecule has 0 saturated carbocycles. The standard InChI is InChI=1S/C14H23N3O2.C2H6/c1-11-8-12(9-13(19-3)14(11)18)10-15-17-6-4-16(2)5-7-17;1-2/h8-9,15,18H,4-7,10H2,1-3H3;1-2H3. The topological polar surface area (TPSA) is 48.0 Å². The summed E-state index contributed by atoms with van der Waals surface area (Å²) in [5.74, 6) is 0.765. The Morgan fingerprint density at radius 1 is 1.19 bits per heavy atom. The summed E-state index contributed by atoms with van der Waals surface area (Å²) in [6.07, 6.45) is 0. The second-order valence-corrected chi connectivity index (χ2v) is 5.09. The Morgan fingerprint density at radius 2 is 1.81 bits per heavy atom. The minimum atomic E-state index is 0.228. The maximum atomic E-state index is 9.81. The molecule has 0 aliphatic carbocycles. The first-order chi connectivity index (χ1) is 10.1. The number of likely N-dealkylation sites (N-methyl/N-ethyl adjacent to an activating group) is 1. The maximum Gasteiger partial charge on any atom is 0.161 e. The molecule has 2 rings (SSSR count). The molecule has 120 valence electrons. The smallest absolute Gasteiger partial charge is 0.161 e. The third-order valence-corrected chi connectivity index (χ3v) is 3.56. The number of benzene rings is 1. The number of rotatable bonds is 4. The normalized spacial score (nSPS) is 16.2. The molecule has 0 unspecified atom stereocenters. The van der Waals surface area contributed by atoms with Crippen molar-refractivity contribution in [2.75, 3.05) is 40.3 Å². The molecule has 1 saturated heterocycles. The molecule has 0 atom stereocenters. The van der Waals surface area contributed by atoms with Crippen molar-refractivity contribution >= 4 is 0 Å². The SMILES string of the molecule is CC.COc1cc(CNN2CCN(C)CC2)cc(C)c1O. The zero-order valence-electron chi connectivity index (χ0n) is 13.9. The van der Waals surface area contributed by atoms with E-state index in [-0.39, 0.29) is 5.75 Å². The first-order valence-corrected chi connectivity index (χ1v) is 7.63. The van der Waals surface area contributed by atoms with Crippen LogP contribution in [0.15, 0.2) is 12.1 Å². The monoisotopic (exact) mass is 295 g/mol. The molecule has 1 fully saturated rings. The second-order valence-electron chi connectivity index (χ2n) is 5.09. The van der Waals surface area contributed by atoms with Crippen LogP contribution in [-0.4, -0.2) is 55.4 Å². The fourth-order valence-electron chi connectivity index (χ4n) is 2.24. The lowest BCUT2D eigenvalue weighted by Gasteiger charge is -2.32. The molecule has 1 aromatic rings. The highest BCUT2D eigenvalue weighted by atomic mass is 16.5. The lowest BCUT2D eigenvalue weighted by molar-refractivity contribution is 0.102. The molecular weight excluding hydrogens is 266 g/mol. The van der Waals surface area contributed by atoms with Gasteiger partial charge in [-0.15, -0.1) is 0 Å². The number of aromatic hydroxyl groups is 1. The predicted octanol–water partition coefficient (Wildman–Crippen LogP) is 1.99. The average Bonchev–Trinajstić information content (AvgIpc) is 2.52. The van der Waals surface area contributed by atoms with Crippen LogP contribution >= 0.6 is 0 Å². The van der Waals surface area contributed by atoms with Crippen molar-refractivity contribution in [2.24, 2.45) is 0 Å². The minimum Gasteiger partial charge on any atom is -0.504 e. The number of hydrogen-bond donors (Lipinski definition) is 2. The first kappa shape index (κ1) is 17.8. The number of piperazine rings is 1. The van der Waals surface area contributed by atoms with E-state index in [1.165, 1.54) is 0 Å². The zero-order chi connectivity index (χ0) is 15.8. The first-order valence-electron chi connectivity index (χ1n) is 7.63. The van der Waals surface area contributed by atoms with Gasteiger partial charge in [0.15, 0.2) is 11.5 Å². The number of aryl methyl sites for hydroxylation is 1. The van der Waals surface area contributed by atoms with Gasteiger partial charge < -0.3 is 14.7 Å². The van der Waals surface area contributed by atoms with Gasteiger partial charge in [0.1, 0.15) is 0 Å². The Kier molecular flexibility index (Phi) is 7.50. The number of hydrazine groups is 1. The lowest BCUT2D eigenvalue weighted by atomic mass is 10.1. The summed E-state index contributed by atoms with van der Waals surface area (Å²) in [6, 6.07) is 3.87. The van der Waals surface area contributed by atoms with Gasteiger partial charge in [-0.05, 0) is 31.2 Å². The van der Waals surface area contributed by atoms with Crippen molar-refractivity contribution in [3.8, 4) is 11.5 Å². The fourth-order valence-corrected chi connectivity index (χ4v) is 2.24. The van der Waals surface area contributed by atoms with Gasteiger partial charge in [-0.25, -0.2) is 5.01 Å². The predicted molar refractivity (Wildman–Crippen MR) is 86.7 cm³/mol. The Labute approximate surface area is 128 Å². The summed E-state index contributed by atoms with van der Waals surface area (Å²) in [5.41, 5.74) is 5.38. The number of phenolic OH excluding ortho intramolecular Hbond substituents is 1. The van der Waals surface area contributed by atoms with Gasteiger partial charge in [0.2, 0.25) is 0 Å². The van der Waals surface area contributed by atoms with Gasteiger partial charge in [0.25, 0.3) is 0 Å².